The van der Waals surface area contributed by atoms with Gasteiger partial charge >= 0.3 is 0 Å². The van der Waals surface area contributed by atoms with E-state index in [2.05, 4.69) is 10.0 Å². The Labute approximate surface area is 245 Å². The third-order valence-electron chi connectivity index (χ3n) is 8.23. The molecule has 2 aliphatic rings. The summed E-state index contributed by atoms with van der Waals surface area (Å²) in [7, 11) is -3.75. The summed E-state index contributed by atoms with van der Waals surface area (Å²) in [6.07, 6.45) is 2.12. The molecule has 224 valence electrons. The molecule has 1 atom stereocenters. The summed E-state index contributed by atoms with van der Waals surface area (Å²) < 4.78 is 69.3. The van der Waals surface area contributed by atoms with Crippen molar-refractivity contribution >= 4 is 15.9 Å². The fourth-order valence-electron chi connectivity index (χ4n) is 5.80. The van der Waals surface area contributed by atoms with Crippen molar-refractivity contribution in [2.24, 2.45) is 5.92 Å². The summed E-state index contributed by atoms with van der Waals surface area (Å²) in [6, 6.07) is 19.8. The topological polar surface area (TPSA) is 78.5 Å². The number of alkyl halides is 2. The Balaban J connectivity index is 1.13. The van der Waals surface area contributed by atoms with Gasteiger partial charge in [-0.15, -0.1) is 0 Å². The molecule has 3 aromatic carbocycles. The lowest BCUT2D eigenvalue weighted by Crippen LogP contribution is -2.41. The molecule has 0 bridgehead atoms. The second-order valence-corrected chi connectivity index (χ2v) is 13.2. The monoisotopic (exact) mass is 599 g/mol. The van der Waals surface area contributed by atoms with Gasteiger partial charge in [-0.3, -0.25) is 9.69 Å². The van der Waals surface area contributed by atoms with E-state index in [1.54, 1.807) is 41.3 Å². The molecule has 1 heterocycles. The zero-order chi connectivity index (χ0) is 29.9. The van der Waals surface area contributed by atoms with Crippen LogP contribution in [0.3, 0.4) is 0 Å². The molecule has 0 spiro atoms. The van der Waals surface area contributed by atoms with E-state index < -0.39 is 15.9 Å². The molecule has 2 N–H and O–H groups in total. The molecule has 5 rings (SSSR count). The van der Waals surface area contributed by atoms with E-state index in [0.717, 1.165) is 22.3 Å². The van der Waals surface area contributed by atoms with E-state index in [4.69, 9.17) is 0 Å². The van der Waals surface area contributed by atoms with Gasteiger partial charge < -0.3 is 5.32 Å². The Hall–Kier alpha value is -3.21. The molecule has 1 saturated heterocycles. The minimum absolute atomic E-state index is 0.0776. The number of nitrogens with zero attached hydrogens (tertiary/aromatic N) is 1. The van der Waals surface area contributed by atoms with Crippen molar-refractivity contribution in [1.29, 1.82) is 0 Å². The molecule has 3 aromatic rings. The Morgan fingerprint density at radius 3 is 2.31 bits per heavy atom. The lowest BCUT2D eigenvalue weighted by Gasteiger charge is -2.29. The first-order chi connectivity index (χ1) is 20.0. The van der Waals surface area contributed by atoms with Crippen LogP contribution < -0.4 is 10.0 Å². The quantitative estimate of drug-likeness (QED) is 0.314. The Kier molecular flexibility index (Phi) is 9.05. The third-order valence-corrected chi connectivity index (χ3v) is 9.76. The largest absolute Gasteiger partial charge is 0.349 e. The van der Waals surface area contributed by atoms with Gasteiger partial charge in [0.1, 0.15) is 5.82 Å². The van der Waals surface area contributed by atoms with Crippen LogP contribution in [0, 0.1) is 11.7 Å². The van der Waals surface area contributed by atoms with Crippen molar-refractivity contribution in [3.05, 3.63) is 89.7 Å². The molecule has 1 saturated carbocycles. The summed E-state index contributed by atoms with van der Waals surface area (Å²) in [5.74, 6) is -3.24. The fraction of sp³-hybridized carbons (Fsp3) is 0.406. The van der Waals surface area contributed by atoms with Gasteiger partial charge in [0.2, 0.25) is 15.9 Å². The second kappa shape index (κ2) is 12.6. The van der Waals surface area contributed by atoms with Crippen molar-refractivity contribution in [2.75, 3.05) is 13.1 Å². The number of sulfonamides is 1. The molecule has 0 radical (unpaired) electrons. The van der Waals surface area contributed by atoms with Crippen molar-refractivity contribution in [2.45, 2.75) is 68.5 Å². The van der Waals surface area contributed by atoms with E-state index in [-0.39, 0.29) is 47.6 Å². The van der Waals surface area contributed by atoms with Gasteiger partial charge in [-0.1, -0.05) is 42.5 Å². The van der Waals surface area contributed by atoms with Crippen LogP contribution in [0.4, 0.5) is 13.2 Å². The van der Waals surface area contributed by atoms with Gasteiger partial charge in [0.15, 0.2) is 0 Å². The van der Waals surface area contributed by atoms with Crippen molar-refractivity contribution < 1.29 is 26.4 Å². The maximum Gasteiger partial charge on any atom is 0.261 e. The van der Waals surface area contributed by atoms with Gasteiger partial charge in [-0.2, -0.15) is 0 Å². The molecular formula is C32H36F3N3O3S. The standard InChI is InChI=1S/C32H36F3N3O3S/c1-22(24-5-11-28(33)12-6-24)36-31(39)26-7-13-29(14-8-26)37-42(40,41)30-15-9-25(10-16-30)27-4-2-3-23(19-27)20-38-18-17-32(34,35)21-38/h2-6,9-12,15-16,19,22,26,29,37H,7-8,13-14,17-18,20-21H2,1H3,(H,36,39)/t22-,26?,29?/m1/s1. The highest BCUT2D eigenvalue weighted by atomic mass is 32.2. The van der Waals surface area contributed by atoms with Crippen LogP contribution >= 0.6 is 0 Å². The number of carbonyl (C=O) groups excluding carboxylic acids is 1. The van der Waals surface area contributed by atoms with Gasteiger partial charge in [0.25, 0.3) is 5.92 Å². The van der Waals surface area contributed by atoms with E-state index in [1.807, 2.05) is 31.2 Å². The number of halogens is 3. The predicted octanol–water partition coefficient (Wildman–Crippen LogP) is 6.05. The number of nitrogens with one attached hydrogen (secondary N) is 2. The lowest BCUT2D eigenvalue weighted by molar-refractivity contribution is -0.126. The summed E-state index contributed by atoms with van der Waals surface area (Å²) >= 11 is 0. The Morgan fingerprint density at radius 2 is 1.67 bits per heavy atom. The first-order valence-corrected chi connectivity index (χ1v) is 15.8. The Morgan fingerprint density at radius 1 is 0.976 bits per heavy atom. The highest BCUT2D eigenvalue weighted by molar-refractivity contribution is 7.89. The first-order valence-electron chi connectivity index (χ1n) is 14.4. The molecule has 1 amide bonds. The van der Waals surface area contributed by atoms with Crippen molar-refractivity contribution in [1.82, 2.24) is 14.9 Å². The molecule has 1 aliphatic carbocycles. The molecule has 42 heavy (non-hydrogen) atoms. The van der Waals surface area contributed by atoms with Crippen LogP contribution in [0.5, 0.6) is 0 Å². The van der Waals surface area contributed by atoms with Crippen LogP contribution in [0.15, 0.2) is 77.7 Å². The van der Waals surface area contributed by atoms with Crippen LogP contribution in [0.2, 0.25) is 0 Å². The van der Waals surface area contributed by atoms with E-state index in [9.17, 15) is 26.4 Å². The van der Waals surface area contributed by atoms with E-state index in [0.29, 0.717) is 38.8 Å². The SMILES string of the molecule is C[C@@H](NC(=O)C1CCC(NS(=O)(=O)c2ccc(-c3cccc(CN4CCC(F)(F)C4)c3)cc2)CC1)c1ccc(F)cc1. The summed E-state index contributed by atoms with van der Waals surface area (Å²) in [5, 5.41) is 2.99. The molecule has 2 fully saturated rings. The molecule has 0 aromatic heterocycles. The average molecular weight is 600 g/mol. The zero-order valence-corrected chi connectivity index (χ0v) is 24.3. The number of hydrogen-bond acceptors (Lipinski definition) is 4. The average Bonchev–Trinajstić information content (AvgIpc) is 3.31. The molecule has 10 heteroatoms. The van der Waals surface area contributed by atoms with E-state index in [1.165, 1.54) is 12.1 Å². The number of benzene rings is 3. The normalized spacial score (nSPS) is 21.6. The number of amides is 1. The summed E-state index contributed by atoms with van der Waals surface area (Å²) in [5.41, 5.74) is 3.47. The molecule has 6 nitrogen and oxygen atoms in total. The Bertz CT molecular complexity index is 1490. The summed E-state index contributed by atoms with van der Waals surface area (Å²) in [6.45, 7) is 2.42. The predicted molar refractivity (Wildman–Crippen MR) is 156 cm³/mol. The van der Waals surface area contributed by atoms with Crippen LogP contribution in [0.25, 0.3) is 11.1 Å². The van der Waals surface area contributed by atoms with Crippen molar-refractivity contribution in [3.63, 3.8) is 0 Å². The maximum atomic E-state index is 13.6. The highest BCUT2D eigenvalue weighted by Crippen LogP contribution is 2.30. The maximum absolute atomic E-state index is 13.6. The number of likely N-dealkylation sites (tertiary alicyclic amines) is 1. The molecular weight excluding hydrogens is 563 g/mol. The number of rotatable bonds is 9. The van der Waals surface area contributed by atoms with Gasteiger partial charge in [0.05, 0.1) is 17.5 Å². The number of carbonyl (C=O) groups is 1. The van der Waals surface area contributed by atoms with Crippen LogP contribution in [-0.4, -0.2) is 44.3 Å². The third kappa shape index (κ3) is 7.59. The van der Waals surface area contributed by atoms with Gasteiger partial charge in [-0.05, 0) is 85.2 Å². The van der Waals surface area contributed by atoms with Gasteiger partial charge in [0, 0.05) is 31.5 Å². The smallest absolute Gasteiger partial charge is 0.261 e. The van der Waals surface area contributed by atoms with Crippen LogP contribution in [-0.2, 0) is 21.4 Å². The first kappa shape index (κ1) is 30.3. The van der Waals surface area contributed by atoms with Crippen LogP contribution in [0.1, 0.15) is 56.2 Å². The van der Waals surface area contributed by atoms with Crippen molar-refractivity contribution in [3.8, 4) is 11.1 Å². The molecule has 0 unspecified atom stereocenters. The zero-order valence-electron chi connectivity index (χ0n) is 23.5. The number of hydrogen-bond donors (Lipinski definition) is 2. The lowest BCUT2D eigenvalue weighted by atomic mass is 9.85. The summed E-state index contributed by atoms with van der Waals surface area (Å²) in [4.78, 5) is 14.7. The molecule has 1 aliphatic heterocycles. The van der Waals surface area contributed by atoms with Gasteiger partial charge in [-0.25, -0.2) is 26.3 Å². The minimum atomic E-state index is -3.75. The van der Waals surface area contributed by atoms with E-state index >= 15 is 0 Å². The highest BCUT2D eigenvalue weighted by Gasteiger charge is 2.38. The fourth-order valence-corrected chi connectivity index (χ4v) is 7.11. The second-order valence-electron chi connectivity index (χ2n) is 11.5. The minimum Gasteiger partial charge on any atom is -0.349 e.